The van der Waals surface area contributed by atoms with Crippen molar-refractivity contribution in [2.75, 3.05) is 6.54 Å². The highest BCUT2D eigenvalue weighted by Crippen LogP contribution is 2.04. The van der Waals surface area contributed by atoms with E-state index >= 15 is 0 Å². The number of carbonyl (C=O) groups excluding carboxylic acids is 3. The van der Waals surface area contributed by atoms with Crippen molar-refractivity contribution in [2.45, 2.75) is 69.3 Å². The summed E-state index contributed by atoms with van der Waals surface area (Å²) in [5, 5.41) is 43.1. The Labute approximate surface area is 205 Å². The van der Waals surface area contributed by atoms with E-state index in [2.05, 4.69) is 15.6 Å². The number of carboxylic acid groups (broad SMARTS) is 3. The van der Waals surface area contributed by atoms with Gasteiger partial charge >= 0.3 is 17.9 Å². The lowest BCUT2D eigenvalue weighted by Gasteiger charge is -2.26. The summed E-state index contributed by atoms with van der Waals surface area (Å²) in [6.07, 6.45) is -3.13. The molecule has 0 aliphatic heterocycles. The molecule has 36 heavy (non-hydrogen) atoms. The number of aliphatic carboxylic acids is 3. The first-order chi connectivity index (χ1) is 16.6. The molecule has 0 rings (SSSR count). The number of nitrogens with two attached hydrogens (primary N) is 3. The number of carboxylic acids is 3. The van der Waals surface area contributed by atoms with Crippen LogP contribution in [0, 0.1) is 0 Å². The molecule has 0 aliphatic carbocycles. The fraction of sp³-hybridized carbons (Fsp3) is 0.632. The van der Waals surface area contributed by atoms with E-state index < -0.39 is 85.2 Å². The van der Waals surface area contributed by atoms with Gasteiger partial charge in [0.1, 0.15) is 18.1 Å². The summed E-state index contributed by atoms with van der Waals surface area (Å²) in [5.41, 5.74) is 16.2. The Balaban J connectivity index is 5.41. The molecule has 0 radical (unpaired) electrons. The molecule has 0 aromatic rings. The number of guanidine groups is 1. The minimum absolute atomic E-state index is 0.126. The van der Waals surface area contributed by atoms with Gasteiger partial charge in [0.2, 0.25) is 17.7 Å². The van der Waals surface area contributed by atoms with Crippen molar-refractivity contribution in [3.63, 3.8) is 0 Å². The number of rotatable bonds is 17. The van der Waals surface area contributed by atoms with E-state index in [1.54, 1.807) is 0 Å². The maximum atomic E-state index is 12.7. The molecule has 0 aliphatic rings. The monoisotopic (exact) mass is 519 g/mol. The van der Waals surface area contributed by atoms with Crippen LogP contribution >= 0.6 is 0 Å². The van der Waals surface area contributed by atoms with Crippen LogP contribution in [0.4, 0.5) is 0 Å². The summed E-state index contributed by atoms with van der Waals surface area (Å²) in [6.45, 7) is 1.36. The summed E-state index contributed by atoms with van der Waals surface area (Å²) < 4.78 is 0. The van der Waals surface area contributed by atoms with Gasteiger partial charge in [0.15, 0.2) is 5.96 Å². The Hall–Kier alpha value is -3.99. The average Bonchev–Trinajstić information content (AvgIpc) is 2.75. The van der Waals surface area contributed by atoms with Crippen LogP contribution in [0.2, 0.25) is 0 Å². The Morgan fingerprint density at radius 1 is 0.833 bits per heavy atom. The van der Waals surface area contributed by atoms with Gasteiger partial charge < -0.3 is 53.6 Å². The number of nitrogens with zero attached hydrogens (tertiary/aromatic N) is 1. The van der Waals surface area contributed by atoms with Gasteiger partial charge in [-0.25, -0.2) is 4.79 Å². The van der Waals surface area contributed by atoms with Crippen molar-refractivity contribution < 1.29 is 49.2 Å². The quantitative estimate of drug-likeness (QED) is 0.0493. The second-order valence-corrected chi connectivity index (χ2v) is 7.77. The minimum Gasteiger partial charge on any atom is -0.481 e. The summed E-state index contributed by atoms with van der Waals surface area (Å²) in [4.78, 5) is 74.3. The molecule has 0 heterocycles. The number of hydrogen-bond acceptors (Lipinski definition) is 9. The highest BCUT2D eigenvalue weighted by atomic mass is 16.4. The number of nitrogens with one attached hydrogen (secondary N) is 3. The predicted molar refractivity (Wildman–Crippen MR) is 122 cm³/mol. The van der Waals surface area contributed by atoms with Crippen molar-refractivity contribution in [1.29, 1.82) is 0 Å². The van der Waals surface area contributed by atoms with Crippen LogP contribution in [0.3, 0.4) is 0 Å². The molecule has 0 spiro atoms. The van der Waals surface area contributed by atoms with Gasteiger partial charge in [0.05, 0.1) is 18.6 Å². The highest BCUT2D eigenvalue weighted by molar-refractivity contribution is 5.95. The van der Waals surface area contributed by atoms with Gasteiger partial charge in [-0.05, 0) is 26.2 Å². The zero-order valence-corrected chi connectivity index (χ0v) is 19.5. The van der Waals surface area contributed by atoms with Gasteiger partial charge in [-0.1, -0.05) is 0 Å². The van der Waals surface area contributed by atoms with Crippen LogP contribution < -0.4 is 33.2 Å². The van der Waals surface area contributed by atoms with E-state index in [1.165, 1.54) is 0 Å². The topological polar surface area (TPSA) is 310 Å². The SMILES string of the molecule is CC(O)C(NC(=O)C(N)CCCN=C(N)N)C(=O)NC(CCC(=O)O)C(=O)NC(CC(=O)O)C(=O)O. The van der Waals surface area contributed by atoms with Gasteiger partial charge in [-0.15, -0.1) is 0 Å². The van der Waals surface area contributed by atoms with Crippen molar-refractivity contribution in [1.82, 2.24) is 16.0 Å². The molecule has 0 aromatic carbocycles. The van der Waals surface area contributed by atoms with Gasteiger partial charge in [0, 0.05) is 13.0 Å². The van der Waals surface area contributed by atoms with E-state index in [4.69, 9.17) is 32.5 Å². The van der Waals surface area contributed by atoms with Crippen LogP contribution in [-0.2, 0) is 28.8 Å². The Morgan fingerprint density at radius 2 is 1.42 bits per heavy atom. The number of amides is 3. The maximum Gasteiger partial charge on any atom is 0.326 e. The van der Waals surface area contributed by atoms with Crippen molar-refractivity contribution >= 4 is 41.6 Å². The normalized spacial score (nSPS) is 14.8. The number of hydrogen-bond donors (Lipinski definition) is 10. The van der Waals surface area contributed by atoms with Crippen LogP contribution in [0.5, 0.6) is 0 Å². The molecule has 0 saturated carbocycles. The number of aliphatic hydroxyl groups is 1. The average molecular weight is 520 g/mol. The third kappa shape index (κ3) is 13.0. The van der Waals surface area contributed by atoms with E-state index in [0.29, 0.717) is 6.42 Å². The number of carbonyl (C=O) groups is 6. The summed E-state index contributed by atoms with van der Waals surface area (Å²) in [7, 11) is 0. The maximum absolute atomic E-state index is 12.7. The Bertz CT molecular complexity index is 844. The first kappa shape index (κ1) is 32.0. The van der Waals surface area contributed by atoms with Gasteiger partial charge in [-0.2, -0.15) is 0 Å². The number of aliphatic hydroxyl groups excluding tert-OH is 1. The van der Waals surface area contributed by atoms with Crippen molar-refractivity contribution in [2.24, 2.45) is 22.2 Å². The molecule has 13 N–H and O–H groups in total. The molecule has 3 amide bonds. The smallest absolute Gasteiger partial charge is 0.326 e. The fourth-order valence-corrected chi connectivity index (χ4v) is 2.76. The van der Waals surface area contributed by atoms with Crippen LogP contribution in [0.25, 0.3) is 0 Å². The second-order valence-electron chi connectivity index (χ2n) is 7.77. The molecular formula is C19H33N7O10. The standard InChI is InChI=1S/C19H33N7O10/c1-8(27)14(26-15(32)9(20)3-2-6-23-19(21)22)17(34)24-10(4-5-12(28)29)16(33)25-11(18(35)36)7-13(30)31/h8-11,14,27H,2-7,20H2,1H3,(H,24,34)(H,25,33)(H,26,32)(H,28,29)(H,30,31)(H,35,36)(H4,21,22,23). The Kier molecular flexibility index (Phi) is 14.1. The van der Waals surface area contributed by atoms with Gasteiger partial charge in [-0.3, -0.25) is 29.0 Å². The van der Waals surface area contributed by atoms with E-state index in [1.807, 2.05) is 5.32 Å². The van der Waals surface area contributed by atoms with Crippen LogP contribution in [0.1, 0.15) is 39.0 Å². The lowest BCUT2D eigenvalue weighted by molar-refractivity contribution is -0.147. The molecule has 5 unspecified atom stereocenters. The fourth-order valence-electron chi connectivity index (χ4n) is 2.76. The first-order valence-corrected chi connectivity index (χ1v) is 10.7. The molecule has 0 bridgehead atoms. The van der Waals surface area contributed by atoms with E-state index in [-0.39, 0.29) is 18.9 Å². The third-order valence-electron chi connectivity index (χ3n) is 4.64. The summed E-state index contributed by atoms with van der Waals surface area (Å²) >= 11 is 0. The molecule has 5 atom stereocenters. The molecule has 17 heteroatoms. The van der Waals surface area contributed by atoms with Crippen molar-refractivity contribution in [3.05, 3.63) is 0 Å². The molecular weight excluding hydrogens is 486 g/mol. The lowest BCUT2D eigenvalue weighted by atomic mass is 10.1. The molecule has 204 valence electrons. The third-order valence-corrected chi connectivity index (χ3v) is 4.64. The van der Waals surface area contributed by atoms with Gasteiger partial charge in [0.25, 0.3) is 0 Å². The predicted octanol–water partition coefficient (Wildman–Crippen LogP) is -4.37. The lowest BCUT2D eigenvalue weighted by Crippen LogP contribution is -2.59. The molecule has 0 saturated heterocycles. The Morgan fingerprint density at radius 3 is 1.89 bits per heavy atom. The van der Waals surface area contributed by atoms with E-state index in [0.717, 1.165) is 6.92 Å². The molecule has 0 fully saturated rings. The largest absolute Gasteiger partial charge is 0.481 e. The van der Waals surface area contributed by atoms with Crippen LogP contribution in [-0.4, -0.2) is 98.8 Å². The minimum atomic E-state index is -1.86. The van der Waals surface area contributed by atoms with Crippen molar-refractivity contribution in [3.8, 4) is 0 Å². The molecule has 0 aromatic heterocycles. The van der Waals surface area contributed by atoms with E-state index in [9.17, 15) is 33.9 Å². The zero-order valence-electron chi connectivity index (χ0n) is 19.5. The second kappa shape index (κ2) is 15.8. The number of aliphatic imine (C=N–C) groups is 1. The molecule has 17 nitrogen and oxygen atoms in total. The summed E-state index contributed by atoms with van der Waals surface area (Å²) in [5.74, 6) is -7.77. The van der Waals surface area contributed by atoms with Crippen LogP contribution in [0.15, 0.2) is 4.99 Å². The highest BCUT2D eigenvalue weighted by Gasteiger charge is 2.33. The zero-order chi connectivity index (χ0) is 28.0. The summed E-state index contributed by atoms with van der Waals surface area (Å²) in [6, 6.07) is -6.21. The first-order valence-electron chi connectivity index (χ1n) is 10.7.